The molecule has 4 nitrogen and oxygen atoms in total. The zero-order chi connectivity index (χ0) is 42.1. The molecule has 4 heteroatoms. The second-order valence-electron chi connectivity index (χ2n) is 17.4. The van der Waals surface area contributed by atoms with E-state index in [1.54, 1.807) is 0 Å². The van der Waals surface area contributed by atoms with E-state index in [4.69, 9.17) is 9.41 Å². The predicted octanol–water partition coefficient (Wildman–Crippen LogP) is 14.5. The Hall–Kier alpha value is -7.95. The lowest BCUT2D eigenvalue weighted by Crippen LogP contribution is -2.31. The maximum Gasteiger partial charge on any atom is 0.159 e. The highest BCUT2D eigenvalue weighted by Crippen LogP contribution is 2.52. The van der Waals surface area contributed by atoms with Gasteiger partial charge in [0.05, 0.1) is 23.5 Å². The number of nitrogens with zero attached hydrogens (tertiary/aromatic N) is 2. The first kappa shape index (κ1) is 36.7. The van der Waals surface area contributed by atoms with E-state index in [1.165, 1.54) is 55.8 Å². The number of benzene rings is 8. The number of hydrogen-bond acceptors (Lipinski definition) is 4. The van der Waals surface area contributed by atoms with Crippen LogP contribution < -0.4 is 10.2 Å². The standard InChI is InChI=1S/C60H43N3O/c1-4-15-38(16-5-1)50-35-43-28-27-41(33-51(43)46-22-11-10-21-45(46)50)42-30-32-56-52(34-42)47-23-12-13-25-55(47)63(56)57-26-14-24-49-48-31-29-44(36-58(48)64-59(49)57)60-61-53(39-17-6-2-7-18-39)37-54(62-60)40-19-8-3-9-20-40/h1-34,36-37,47,50,53,55H,35H2,(H,61,62). The predicted molar refractivity (Wildman–Crippen MR) is 263 cm³/mol. The molecule has 4 unspecified atom stereocenters. The lowest BCUT2D eigenvalue weighted by molar-refractivity contribution is 0.663. The van der Waals surface area contributed by atoms with Crippen LogP contribution in [0.15, 0.2) is 228 Å². The monoisotopic (exact) mass is 821 g/mol. The summed E-state index contributed by atoms with van der Waals surface area (Å²) in [5, 5.41) is 5.93. The van der Waals surface area contributed by atoms with Crippen LogP contribution in [0.3, 0.4) is 0 Å². The number of para-hydroxylation sites is 1. The van der Waals surface area contributed by atoms with E-state index in [9.17, 15) is 0 Å². The smallest absolute Gasteiger partial charge is 0.159 e. The third-order valence-electron chi connectivity index (χ3n) is 13.8. The minimum Gasteiger partial charge on any atom is -0.454 e. The number of hydrogen-bond donors (Lipinski definition) is 1. The molecule has 2 aliphatic carbocycles. The van der Waals surface area contributed by atoms with Gasteiger partial charge in [-0.25, -0.2) is 4.99 Å². The number of anilines is 2. The molecule has 13 rings (SSSR count). The molecule has 0 radical (unpaired) electrons. The molecule has 0 fully saturated rings. The van der Waals surface area contributed by atoms with Crippen LogP contribution in [0.4, 0.5) is 11.4 Å². The van der Waals surface area contributed by atoms with Crippen molar-refractivity contribution in [2.24, 2.45) is 4.99 Å². The Morgan fingerprint density at radius 1 is 0.531 bits per heavy atom. The van der Waals surface area contributed by atoms with Crippen LogP contribution in [0.5, 0.6) is 0 Å². The molecule has 9 aromatic rings. The molecular weight excluding hydrogens is 779 g/mol. The molecule has 0 saturated carbocycles. The van der Waals surface area contributed by atoms with Crippen molar-refractivity contribution < 1.29 is 4.42 Å². The summed E-state index contributed by atoms with van der Waals surface area (Å²) in [6.45, 7) is 0. The summed E-state index contributed by atoms with van der Waals surface area (Å²) in [7, 11) is 0. The number of allylic oxidation sites excluding steroid dienone is 2. The highest BCUT2D eigenvalue weighted by Gasteiger charge is 2.39. The first-order valence-electron chi connectivity index (χ1n) is 22.4. The van der Waals surface area contributed by atoms with Crippen molar-refractivity contribution >= 4 is 44.8 Å². The van der Waals surface area contributed by atoms with Crippen LogP contribution in [-0.2, 0) is 6.42 Å². The van der Waals surface area contributed by atoms with Crippen LogP contribution in [0.2, 0.25) is 0 Å². The van der Waals surface area contributed by atoms with E-state index in [2.05, 4.69) is 223 Å². The van der Waals surface area contributed by atoms with Crippen LogP contribution >= 0.6 is 0 Å². The molecule has 0 saturated heterocycles. The van der Waals surface area contributed by atoms with E-state index in [-0.39, 0.29) is 18.0 Å². The number of aliphatic imine (C=N–C) groups is 1. The molecule has 1 N–H and O–H groups in total. The molecule has 64 heavy (non-hydrogen) atoms. The van der Waals surface area contributed by atoms with Gasteiger partial charge in [0, 0.05) is 33.9 Å². The summed E-state index contributed by atoms with van der Waals surface area (Å²) in [5.74, 6) is 1.38. The second kappa shape index (κ2) is 14.9. The third kappa shape index (κ3) is 6.01. The minimum absolute atomic E-state index is 0.0279. The van der Waals surface area contributed by atoms with Crippen molar-refractivity contribution in [1.29, 1.82) is 0 Å². The summed E-state index contributed by atoms with van der Waals surface area (Å²) in [5.41, 5.74) is 18.9. The largest absolute Gasteiger partial charge is 0.454 e. The van der Waals surface area contributed by atoms with Crippen LogP contribution in [-0.4, -0.2) is 11.9 Å². The van der Waals surface area contributed by atoms with Gasteiger partial charge in [-0.2, -0.15) is 0 Å². The number of fused-ring (bicyclic) bond motifs is 9. The van der Waals surface area contributed by atoms with Crippen molar-refractivity contribution in [1.82, 2.24) is 5.32 Å². The van der Waals surface area contributed by atoms with Crippen molar-refractivity contribution in [2.75, 3.05) is 4.90 Å². The molecule has 304 valence electrons. The minimum atomic E-state index is -0.0279. The van der Waals surface area contributed by atoms with Gasteiger partial charge in [0.25, 0.3) is 0 Å². The van der Waals surface area contributed by atoms with Gasteiger partial charge in [-0.1, -0.05) is 176 Å². The average molecular weight is 822 g/mol. The van der Waals surface area contributed by atoms with Gasteiger partial charge in [0.2, 0.25) is 0 Å². The zero-order valence-corrected chi connectivity index (χ0v) is 35.1. The lowest BCUT2D eigenvalue weighted by atomic mass is 9.75. The van der Waals surface area contributed by atoms with E-state index in [1.807, 2.05) is 6.07 Å². The Morgan fingerprint density at radius 2 is 1.27 bits per heavy atom. The molecule has 8 aromatic carbocycles. The first-order valence-corrected chi connectivity index (χ1v) is 22.4. The number of furan rings is 1. The molecule has 3 heterocycles. The second-order valence-corrected chi connectivity index (χ2v) is 17.4. The fraction of sp³-hybridized carbons (Fsp3) is 0.0833. The molecule has 4 atom stereocenters. The molecule has 1 aromatic heterocycles. The zero-order valence-electron chi connectivity index (χ0n) is 35.1. The van der Waals surface area contributed by atoms with Crippen molar-refractivity contribution in [3.8, 4) is 22.3 Å². The Labute approximate surface area is 372 Å². The summed E-state index contributed by atoms with van der Waals surface area (Å²) in [6, 6.07) is 68.3. The topological polar surface area (TPSA) is 40.8 Å². The Balaban J connectivity index is 0.870. The average Bonchev–Trinajstić information content (AvgIpc) is 3.92. The quantitative estimate of drug-likeness (QED) is 0.182. The fourth-order valence-corrected chi connectivity index (χ4v) is 10.8. The van der Waals surface area contributed by atoms with E-state index >= 15 is 0 Å². The molecule has 0 amide bonds. The Bertz CT molecular complexity index is 3410. The molecular formula is C60H43N3O. The lowest BCUT2D eigenvalue weighted by Gasteiger charge is -2.29. The SMILES string of the molecule is C1=CC2c3cc(-c4ccc5c(c4)-c4ccccc4C(c4ccccc4)C5)ccc3N(c3cccc4c3oc3cc(C5=NC(c6ccccc6)=CC(c6ccccc6)N5)ccc34)C2C=C1. The van der Waals surface area contributed by atoms with Crippen LogP contribution in [0.1, 0.15) is 56.8 Å². The van der Waals surface area contributed by atoms with Gasteiger partial charge < -0.3 is 14.6 Å². The highest BCUT2D eigenvalue weighted by molar-refractivity contribution is 6.12. The highest BCUT2D eigenvalue weighted by atomic mass is 16.3. The van der Waals surface area contributed by atoms with Crippen molar-refractivity contribution in [3.05, 3.63) is 257 Å². The number of nitrogens with one attached hydrogen (secondary N) is 1. The Morgan fingerprint density at radius 3 is 2.12 bits per heavy atom. The number of rotatable bonds is 6. The van der Waals surface area contributed by atoms with Gasteiger partial charge in [-0.15, -0.1) is 0 Å². The fourth-order valence-electron chi connectivity index (χ4n) is 10.8. The van der Waals surface area contributed by atoms with Gasteiger partial charge in [-0.05, 0) is 105 Å². The third-order valence-corrected chi connectivity index (χ3v) is 13.8. The first-order chi connectivity index (χ1) is 31.7. The van der Waals surface area contributed by atoms with E-state index < -0.39 is 0 Å². The molecule has 0 spiro atoms. The summed E-state index contributed by atoms with van der Waals surface area (Å²) in [6.07, 6.45) is 12.3. The normalized spacial score (nSPS) is 19.3. The number of amidine groups is 1. The molecule has 4 aliphatic rings. The molecule has 0 bridgehead atoms. The van der Waals surface area contributed by atoms with Gasteiger partial charge >= 0.3 is 0 Å². The van der Waals surface area contributed by atoms with Gasteiger partial charge in [0.15, 0.2) is 5.58 Å². The summed E-state index contributed by atoms with van der Waals surface area (Å²) < 4.78 is 6.97. The Kier molecular flexibility index (Phi) is 8.51. The van der Waals surface area contributed by atoms with E-state index in [0.717, 1.165) is 56.7 Å². The van der Waals surface area contributed by atoms with Crippen LogP contribution in [0.25, 0.3) is 49.9 Å². The van der Waals surface area contributed by atoms with Gasteiger partial charge in [0.1, 0.15) is 11.4 Å². The van der Waals surface area contributed by atoms with Crippen molar-refractivity contribution in [2.45, 2.75) is 30.3 Å². The maximum atomic E-state index is 6.97. The van der Waals surface area contributed by atoms with E-state index in [0.29, 0.717) is 5.92 Å². The molecule has 2 aliphatic heterocycles. The maximum absolute atomic E-state index is 6.97. The summed E-state index contributed by atoms with van der Waals surface area (Å²) in [4.78, 5) is 7.68. The van der Waals surface area contributed by atoms with Crippen LogP contribution in [0, 0.1) is 0 Å². The van der Waals surface area contributed by atoms with Gasteiger partial charge in [-0.3, -0.25) is 0 Å². The summed E-state index contributed by atoms with van der Waals surface area (Å²) >= 11 is 0. The van der Waals surface area contributed by atoms with Crippen molar-refractivity contribution in [3.63, 3.8) is 0 Å².